The van der Waals surface area contributed by atoms with E-state index in [2.05, 4.69) is 17.3 Å². The molecule has 0 amide bonds. The van der Waals surface area contributed by atoms with E-state index in [9.17, 15) is 0 Å². The summed E-state index contributed by atoms with van der Waals surface area (Å²) >= 11 is 0. The SMILES string of the molecule is CN1CCC(NCC2CCC2)C1. The first-order valence-electron chi connectivity index (χ1n) is 5.26. The van der Waals surface area contributed by atoms with Crippen LogP contribution in [-0.2, 0) is 0 Å². The van der Waals surface area contributed by atoms with E-state index in [1.54, 1.807) is 0 Å². The second-order valence-electron chi connectivity index (χ2n) is 4.45. The van der Waals surface area contributed by atoms with Crippen molar-refractivity contribution in [1.82, 2.24) is 10.2 Å². The van der Waals surface area contributed by atoms with Crippen molar-refractivity contribution >= 4 is 0 Å². The van der Waals surface area contributed by atoms with Crippen molar-refractivity contribution in [1.29, 1.82) is 0 Å². The number of likely N-dealkylation sites (tertiary alicyclic amines) is 1. The molecular weight excluding hydrogens is 148 g/mol. The van der Waals surface area contributed by atoms with E-state index >= 15 is 0 Å². The third-order valence-corrected chi connectivity index (χ3v) is 3.31. The molecule has 2 nitrogen and oxygen atoms in total. The molecule has 1 unspecified atom stereocenters. The van der Waals surface area contributed by atoms with Gasteiger partial charge in [-0.1, -0.05) is 6.42 Å². The average Bonchev–Trinajstić information content (AvgIpc) is 2.32. The van der Waals surface area contributed by atoms with Crippen molar-refractivity contribution in [3.63, 3.8) is 0 Å². The molecule has 1 N–H and O–H groups in total. The molecule has 1 aliphatic carbocycles. The Hall–Kier alpha value is -0.0800. The van der Waals surface area contributed by atoms with Crippen molar-refractivity contribution < 1.29 is 0 Å². The summed E-state index contributed by atoms with van der Waals surface area (Å²) in [7, 11) is 2.21. The second kappa shape index (κ2) is 3.75. The van der Waals surface area contributed by atoms with Gasteiger partial charge >= 0.3 is 0 Å². The summed E-state index contributed by atoms with van der Waals surface area (Å²) < 4.78 is 0. The summed E-state index contributed by atoms with van der Waals surface area (Å²) in [5.41, 5.74) is 0. The molecular formula is C10H20N2. The third-order valence-electron chi connectivity index (χ3n) is 3.31. The Labute approximate surface area is 75.3 Å². The first kappa shape index (κ1) is 8.52. The summed E-state index contributed by atoms with van der Waals surface area (Å²) in [4.78, 5) is 2.42. The molecule has 0 radical (unpaired) electrons. The highest BCUT2D eigenvalue weighted by Crippen LogP contribution is 2.25. The van der Waals surface area contributed by atoms with Gasteiger partial charge in [0, 0.05) is 12.6 Å². The van der Waals surface area contributed by atoms with Gasteiger partial charge in [-0.05, 0) is 45.3 Å². The summed E-state index contributed by atoms with van der Waals surface area (Å²) in [6, 6.07) is 0.788. The Bertz CT molecular complexity index is 143. The minimum absolute atomic E-state index is 0.788. The predicted molar refractivity (Wildman–Crippen MR) is 51.2 cm³/mol. The molecule has 0 aromatic rings. The Balaban J connectivity index is 1.60. The molecule has 2 fully saturated rings. The fourth-order valence-corrected chi connectivity index (χ4v) is 2.13. The van der Waals surface area contributed by atoms with E-state index in [0.717, 1.165) is 12.0 Å². The highest BCUT2D eigenvalue weighted by Gasteiger charge is 2.22. The van der Waals surface area contributed by atoms with Gasteiger partial charge in [0.2, 0.25) is 0 Å². The molecule has 2 heteroatoms. The highest BCUT2D eigenvalue weighted by atomic mass is 15.2. The Kier molecular flexibility index (Phi) is 2.66. The first-order valence-corrected chi connectivity index (χ1v) is 5.26. The van der Waals surface area contributed by atoms with Gasteiger partial charge in [-0.2, -0.15) is 0 Å². The fraction of sp³-hybridized carbons (Fsp3) is 1.00. The van der Waals surface area contributed by atoms with Crippen molar-refractivity contribution in [3.05, 3.63) is 0 Å². The van der Waals surface area contributed by atoms with Crippen LogP contribution in [0.15, 0.2) is 0 Å². The number of hydrogen-bond donors (Lipinski definition) is 1. The van der Waals surface area contributed by atoms with E-state index in [1.807, 2.05) is 0 Å². The smallest absolute Gasteiger partial charge is 0.0207 e. The van der Waals surface area contributed by atoms with E-state index in [4.69, 9.17) is 0 Å². The molecule has 0 bridgehead atoms. The second-order valence-corrected chi connectivity index (χ2v) is 4.45. The molecule has 1 aliphatic heterocycles. The molecule has 2 aliphatic rings. The monoisotopic (exact) mass is 168 g/mol. The zero-order valence-corrected chi connectivity index (χ0v) is 8.05. The molecule has 1 heterocycles. The van der Waals surface area contributed by atoms with Crippen LogP contribution in [0.3, 0.4) is 0 Å². The van der Waals surface area contributed by atoms with Crippen LogP contribution in [0, 0.1) is 5.92 Å². The molecule has 0 spiro atoms. The van der Waals surface area contributed by atoms with E-state index in [0.29, 0.717) is 0 Å². The van der Waals surface area contributed by atoms with E-state index in [-0.39, 0.29) is 0 Å². The molecule has 0 aromatic heterocycles. The zero-order valence-electron chi connectivity index (χ0n) is 8.05. The first-order chi connectivity index (χ1) is 5.84. The lowest BCUT2D eigenvalue weighted by Crippen LogP contribution is -2.36. The zero-order chi connectivity index (χ0) is 8.39. The summed E-state index contributed by atoms with van der Waals surface area (Å²) in [6.45, 7) is 3.81. The maximum absolute atomic E-state index is 3.67. The quantitative estimate of drug-likeness (QED) is 0.678. The summed E-state index contributed by atoms with van der Waals surface area (Å²) in [6.07, 6.45) is 5.76. The van der Waals surface area contributed by atoms with Gasteiger partial charge < -0.3 is 10.2 Å². The number of likely N-dealkylation sites (N-methyl/N-ethyl adjacent to an activating group) is 1. The number of nitrogens with zero attached hydrogens (tertiary/aromatic N) is 1. The van der Waals surface area contributed by atoms with Gasteiger partial charge in [-0.25, -0.2) is 0 Å². The van der Waals surface area contributed by atoms with Gasteiger partial charge in [0.15, 0.2) is 0 Å². The molecule has 1 atom stereocenters. The largest absolute Gasteiger partial charge is 0.312 e. The molecule has 12 heavy (non-hydrogen) atoms. The van der Waals surface area contributed by atoms with Gasteiger partial charge in [0.05, 0.1) is 0 Å². The molecule has 1 saturated carbocycles. The Morgan fingerprint density at radius 2 is 2.17 bits per heavy atom. The minimum atomic E-state index is 0.788. The van der Waals surface area contributed by atoms with Crippen LogP contribution in [0.5, 0.6) is 0 Å². The third kappa shape index (κ3) is 1.99. The van der Waals surface area contributed by atoms with Gasteiger partial charge in [0.25, 0.3) is 0 Å². The fourth-order valence-electron chi connectivity index (χ4n) is 2.13. The topological polar surface area (TPSA) is 15.3 Å². The normalized spacial score (nSPS) is 32.2. The van der Waals surface area contributed by atoms with Crippen molar-refractivity contribution in [2.75, 3.05) is 26.7 Å². The Morgan fingerprint density at radius 3 is 2.67 bits per heavy atom. The molecule has 2 rings (SSSR count). The summed E-state index contributed by atoms with van der Waals surface area (Å²) in [5.74, 6) is 1.01. The van der Waals surface area contributed by atoms with E-state index < -0.39 is 0 Å². The van der Waals surface area contributed by atoms with Gasteiger partial charge in [0.1, 0.15) is 0 Å². The molecule has 1 saturated heterocycles. The Morgan fingerprint density at radius 1 is 1.33 bits per heavy atom. The van der Waals surface area contributed by atoms with Crippen molar-refractivity contribution in [2.24, 2.45) is 5.92 Å². The van der Waals surface area contributed by atoms with Crippen molar-refractivity contribution in [2.45, 2.75) is 31.7 Å². The van der Waals surface area contributed by atoms with Crippen LogP contribution in [-0.4, -0.2) is 37.6 Å². The maximum Gasteiger partial charge on any atom is 0.0207 e. The van der Waals surface area contributed by atoms with Gasteiger partial charge in [-0.3, -0.25) is 0 Å². The highest BCUT2D eigenvalue weighted by molar-refractivity contribution is 4.81. The maximum atomic E-state index is 3.67. The lowest BCUT2D eigenvalue weighted by molar-refractivity contribution is 0.287. The van der Waals surface area contributed by atoms with Crippen LogP contribution in [0.2, 0.25) is 0 Å². The lowest BCUT2D eigenvalue weighted by Gasteiger charge is -2.27. The standard InChI is InChI=1S/C10H20N2/c1-12-6-5-10(8-12)11-7-9-3-2-4-9/h9-11H,2-8H2,1H3. The van der Waals surface area contributed by atoms with Crippen LogP contribution >= 0.6 is 0 Å². The van der Waals surface area contributed by atoms with Crippen molar-refractivity contribution in [3.8, 4) is 0 Å². The van der Waals surface area contributed by atoms with Crippen LogP contribution < -0.4 is 5.32 Å². The minimum Gasteiger partial charge on any atom is -0.312 e. The number of nitrogens with one attached hydrogen (secondary N) is 1. The number of hydrogen-bond acceptors (Lipinski definition) is 2. The van der Waals surface area contributed by atoms with Crippen LogP contribution in [0.1, 0.15) is 25.7 Å². The van der Waals surface area contributed by atoms with Gasteiger partial charge in [-0.15, -0.1) is 0 Å². The molecule has 70 valence electrons. The molecule has 0 aromatic carbocycles. The van der Waals surface area contributed by atoms with E-state index in [1.165, 1.54) is 45.3 Å². The summed E-state index contributed by atoms with van der Waals surface area (Å²) in [5, 5.41) is 3.67. The predicted octanol–water partition coefficient (Wildman–Crippen LogP) is 1.08. The van der Waals surface area contributed by atoms with Crippen LogP contribution in [0.25, 0.3) is 0 Å². The average molecular weight is 168 g/mol. The number of rotatable bonds is 3. The lowest BCUT2D eigenvalue weighted by atomic mass is 9.85. The van der Waals surface area contributed by atoms with Crippen LogP contribution in [0.4, 0.5) is 0 Å².